The molecule has 146 valence electrons. The summed E-state index contributed by atoms with van der Waals surface area (Å²) in [7, 11) is 0. The monoisotopic (exact) mass is 388 g/mol. The molecular weight excluding hydrogens is 370 g/mol. The SMILES string of the molecule is O=C(NCc1ccccc1C(=O)O)C(=O)N1CC(Cc2ccc(F)c(F)c2)C1. The second-order valence-corrected chi connectivity index (χ2v) is 6.67. The van der Waals surface area contributed by atoms with Gasteiger partial charge in [0.2, 0.25) is 0 Å². The van der Waals surface area contributed by atoms with Gasteiger partial charge >= 0.3 is 17.8 Å². The lowest BCUT2D eigenvalue weighted by atomic mass is 9.92. The van der Waals surface area contributed by atoms with E-state index in [0.717, 1.165) is 12.1 Å². The van der Waals surface area contributed by atoms with Crippen molar-refractivity contribution in [2.24, 2.45) is 5.92 Å². The zero-order chi connectivity index (χ0) is 20.3. The molecule has 0 unspecified atom stereocenters. The van der Waals surface area contributed by atoms with Crippen LogP contribution in [0, 0.1) is 17.6 Å². The average molecular weight is 388 g/mol. The summed E-state index contributed by atoms with van der Waals surface area (Å²) in [6.45, 7) is 0.618. The van der Waals surface area contributed by atoms with E-state index in [1.807, 2.05) is 0 Å². The van der Waals surface area contributed by atoms with Crippen LogP contribution in [0.1, 0.15) is 21.5 Å². The normalized spacial score (nSPS) is 13.7. The van der Waals surface area contributed by atoms with Gasteiger partial charge in [0.15, 0.2) is 11.6 Å². The van der Waals surface area contributed by atoms with Crippen molar-refractivity contribution in [3.8, 4) is 0 Å². The molecule has 0 radical (unpaired) electrons. The lowest BCUT2D eigenvalue weighted by Gasteiger charge is -2.38. The van der Waals surface area contributed by atoms with Gasteiger partial charge in [-0.2, -0.15) is 0 Å². The molecule has 8 heteroatoms. The van der Waals surface area contributed by atoms with Gasteiger partial charge < -0.3 is 15.3 Å². The lowest BCUT2D eigenvalue weighted by Crippen LogP contribution is -2.55. The molecule has 0 bridgehead atoms. The van der Waals surface area contributed by atoms with Crippen molar-refractivity contribution in [3.05, 3.63) is 70.8 Å². The number of amides is 2. The number of halogens is 2. The summed E-state index contributed by atoms with van der Waals surface area (Å²) in [5.41, 5.74) is 1.09. The van der Waals surface area contributed by atoms with Gasteiger partial charge in [-0.05, 0) is 41.7 Å². The van der Waals surface area contributed by atoms with Gasteiger partial charge in [0, 0.05) is 19.6 Å². The molecule has 1 saturated heterocycles. The van der Waals surface area contributed by atoms with Crippen LogP contribution in [0.5, 0.6) is 0 Å². The molecule has 2 aromatic carbocycles. The molecule has 1 aliphatic heterocycles. The Morgan fingerprint density at radius 1 is 1.07 bits per heavy atom. The maximum Gasteiger partial charge on any atom is 0.336 e. The lowest BCUT2D eigenvalue weighted by molar-refractivity contribution is -0.150. The molecule has 1 fully saturated rings. The highest BCUT2D eigenvalue weighted by Crippen LogP contribution is 2.21. The second kappa shape index (κ2) is 8.16. The van der Waals surface area contributed by atoms with Crippen molar-refractivity contribution in [1.29, 1.82) is 0 Å². The number of aromatic carboxylic acids is 1. The van der Waals surface area contributed by atoms with Crippen LogP contribution < -0.4 is 5.32 Å². The molecule has 3 rings (SSSR count). The summed E-state index contributed by atoms with van der Waals surface area (Å²) in [6, 6.07) is 9.90. The molecule has 2 aromatic rings. The minimum atomic E-state index is -1.11. The first-order chi connectivity index (χ1) is 13.3. The number of carboxylic acid groups (broad SMARTS) is 1. The first-order valence-corrected chi connectivity index (χ1v) is 8.67. The molecule has 2 amide bonds. The van der Waals surface area contributed by atoms with Gasteiger partial charge in [0.25, 0.3) is 0 Å². The summed E-state index contributed by atoms with van der Waals surface area (Å²) >= 11 is 0. The Kier molecular flexibility index (Phi) is 5.67. The number of carbonyl (C=O) groups excluding carboxylic acids is 2. The van der Waals surface area contributed by atoms with E-state index in [1.54, 1.807) is 18.2 Å². The minimum absolute atomic E-state index is 0.0609. The van der Waals surface area contributed by atoms with Crippen LogP contribution in [-0.2, 0) is 22.6 Å². The van der Waals surface area contributed by atoms with Crippen molar-refractivity contribution in [2.75, 3.05) is 13.1 Å². The first kappa shape index (κ1) is 19.5. The van der Waals surface area contributed by atoms with Gasteiger partial charge in [-0.15, -0.1) is 0 Å². The van der Waals surface area contributed by atoms with E-state index in [9.17, 15) is 23.2 Å². The van der Waals surface area contributed by atoms with Crippen LogP contribution in [0.25, 0.3) is 0 Å². The third-order valence-corrected chi connectivity index (χ3v) is 4.63. The second-order valence-electron chi connectivity index (χ2n) is 6.67. The number of nitrogens with zero attached hydrogens (tertiary/aromatic N) is 1. The molecule has 0 aromatic heterocycles. The molecule has 0 atom stereocenters. The molecule has 1 heterocycles. The van der Waals surface area contributed by atoms with Crippen LogP contribution in [0.15, 0.2) is 42.5 Å². The van der Waals surface area contributed by atoms with E-state index in [0.29, 0.717) is 30.6 Å². The highest BCUT2D eigenvalue weighted by Gasteiger charge is 2.34. The number of nitrogens with one attached hydrogen (secondary N) is 1. The Morgan fingerprint density at radius 2 is 1.79 bits per heavy atom. The van der Waals surface area contributed by atoms with E-state index >= 15 is 0 Å². The molecule has 1 aliphatic rings. The molecular formula is C20H18F2N2O4. The largest absolute Gasteiger partial charge is 0.478 e. The Bertz CT molecular complexity index is 926. The number of hydrogen-bond donors (Lipinski definition) is 2. The predicted molar refractivity (Wildman–Crippen MR) is 95.4 cm³/mol. The van der Waals surface area contributed by atoms with Gasteiger partial charge in [0.1, 0.15) is 0 Å². The summed E-state index contributed by atoms with van der Waals surface area (Å²) in [5, 5.41) is 11.6. The fraction of sp³-hybridized carbons (Fsp3) is 0.250. The summed E-state index contributed by atoms with van der Waals surface area (Å²) < 4.78 is 26.2. The molecule has 28 heavy (non-hydrogen) atoms. The van der Waals surface area contributed by atoms with E-state index in [2.05, 4.69) is 5.32 Å². The zero-order valence-electron chi connectivity index (χ0n) is 14.8. The first-order valence-electron chi connectivity index (χ1n) is 8.67. The van der Waals surface area contributed by atoms with E-state index < -0.39 is 29.4 Å². The number of carboxylic acids is 1. The number of rotatable bonds is 5. The van der Waals surface area contributed by atoms with Gasteiger partial charge in [-0.1, -0.05) is 24.3 Å². The average Bonchev–Trinajstić information content (AvgIpc) is 2.64. The fourth-order valence-corrected chi connectivity index (χ4v) is 3.14. The highest BCUT2D eigenvalue weighted by atomic mass is 19.2. The van der Waals surface area contributed by atoms with E-state index in [-0.39, 0.29) is 18.0 Å². The number of likely N-dealkylation sites (tertiary alicyclic amines) is 1. The van der Waals surface area contributed by atoms with Crippen LogP contribution >= 0.6 is 0 Å². The molecule has 2 N–H and O–H groups in total. The number of carbonyl (C=O) groups is 3. The predicted octanol–water partition coefficient (Wildman–Crippen LogP) is 1.98. The third kappa shape index (κ3) is 4.33. The van der Waals surface area contributed by atoms with E-state index in [1.165, 1.54) is 17.0 Å². The van der Waals surface area contributed by atoms with Crippen LogP contribution in [0.2, 0.25) is 0 Å². The van der Waals surface area contributed by atoms with Crippen molar-refractivity contribution >= 4 is 17.8 Å². The van der Waals surface area contributed by atoms with Crippen LogP contribution in [0.4, 0.5) is 8.78 Å². The fourth-order valence-electron chi connectivity index (χ4n) is 3.14. The maximum absolute atomic E-state index is 13.2. The molecule has 0 aliphatic carbocycles. The Hall–Kier alpha value is -3.29. The van der Waals surface area contributed by atoms with Gasteiger partial charge in [-0.25, -0.2) is 13.6 Å². The third-order valence-electron chi connectivity index (χ3n) is 4.63. The van der Waals surface area contributed by atoms with Crippen molar-refractivity contribution < 1.29 is 28.3 Å². The van der Waals surface area contributed by atoms with Crippen molar-refractivity contribution in [1.82, 2.24) is 10.2 Å². The van der Waals surface area contributed by atoms with Crippen LogP contribution in [0.3, 0.4) is 0 Å². The number of hydrogen-bond acceptors (Lipinski definition) is 3. The molecule has 6 nitrogen and oxygen atoms in total. The minimum Gasteiger partial charge on any atom is -0.478 e. The summed E-state index contributed by atoms with van der Waals surface area (Å²) in [5.74, 6) is -4.38. The number of benzene rings is 2. The van der Waals surface area contributed by atoms with Crippen molar-refractivity contribution in [3.63, 3.8) is 0 Å². The summed E-state index contributed by atoms with van der Waals surface area (Å²) in [4.78, 5) is 36.7. The quantitative estimate of drug-likeness (QED) is 0.767. The van der Waals surface area contributed by atoms with Gasteiger partial charge in [0.05, 0.1) is 5.56 Å². The Morgan fingerprint density at radius 3 is 2.46 bits per heavy atom. The van der Waals surface area contributed by atoms with E-state index in [4.69, 9.17) is 5.11 Å². The smallest absolute Gasteiger partial charge is 0.336 e. The maximum atomic E-state index is 13.2. The Labute approximate surface area is 159 Å². The zero-order valence-corrected chi connectivity index (χ0v) is 14.8. The summed E-state index contributed by atoms with van der Waals surface area (Å²) in [6.07, 6.45) is 0.481. The molecule has 0 spiro atoms. The Balaban J connectivity index is 1.48. The molecule has 0 saturated carbocycles. The van der Waals surface area contributed by atoms with Crippen LogP contribution in [-0.4, -0.2) is 40.9 Å². The van der Waals surface area contributed by atoms with Crippen molar-refractivity contribution in [2.45, 2.75) is 13.0 Å². The topological polar surface area (TPSA) is 86.7 Å². The highest BCUT2D eigenvalue weighted by molar-refractivity contribution is 6.35. The van der Waals surface area contributed by atoms with Gasteiger partial charge in [-0.3, -0.25) is 9.59 Å². The standard InChI is InChI=1S/C20H18F2N2O4/c21-16-6-5-12(8-17(16)22)7-13-10-24(11-13)19(26)18(25)23-9-14-3-1-2-4-15(14)20(27)28/h1-6,8,13H,7,9-11H2,(H,23,25)(H,27,28).